The Morgan fingerprint density at radius 2 is 2.15 bits per heavy atom. The third-order valence-corrected chi connectivity index (χ3v) is 5.03. The van der Waals surface area contributed by atoms with Crippen molar-refractivity contribution < 1.29 is 9.53 Å². The maximum Gasteiger partial charge on any atom is 0.226 e. The lowest BCUT2D eigenvalue weighted by molar-refractivity contribution is -0.126. The van der Waals surface area contributed by atoms with Gasteiger partial charge in [0.1, 0.15) is 18.2 Å². The zero-order chi connectivity index (χ0) is 18.1. The van der Waals surface area contributed by atoms with Gasteiger partial charge in [0.2, 0.25) is 5.91 Å². The molecule has 5 heteroatoms. The number of amides is 1. The standard InChI is InChI=1S/C21H23N3O2/c1-14-7-8-18-17(11-14)23-20(24(18)2)9-10-22-21(25)16-12-15-5-3-4-6-19(15)26-13-16/h3-8,11,16H,9-10,12-13H2,1-2H3,(H,22,25)/t16-/m1/s1. The quantitative estimate of drug-likeness (QED) is 0.788. The van der Waals surface area contributed by atoms with E-state index in [1.165, 1.54) is 5.56 Å². The van der Waals surface area contributed by atoms with Crippen LogP contribution < -0.4 is 10.1 Å². The fraction of sp³-hybridized carbons (Fsp3) is 0.333. The summed E-state index contributed by atoms with van der Waals surface area (Å²) in [6.45, 7) is 3.08. The van der Waals surface area contributed by atoms with E-state index >= 15 is 0 Å². The number of fused-ring (bicyclic) bond motifs is 2. The fourth-order valence-corrected chi connectivity index (χ4v) is 3.52. The zero-order valence-corrected chi connectivity index (χ0v) is 15.2. The Morgan fingerprint density at radius 1 is 1.31 bits per heavy atom. The molecule has 134 valence electrons. The van der Waals surface area contributed by atoms with Crippen molar-refractivity contribution in [3.05, 3.63) is 59.4 Å². The second kappa shape index (κ2) is 6.83. The molecule has 0 saturated heterocycles. The number of benzene rings is 2. The Kier molecular flexibility index (Phi) is 4.37. The number of carbonyl (C=O) groups excluding carboxylic acids is 1. The third kappa shape index (κ3) is 3.17. The first-order valence-corrected chi connectivity index (χ1v) is 9.02. The second-order valence-electron chi connectivity index (χ2n) is 6.94. The van der Waals surface area contributed by atoms with E-state index in [0.29, 0.717) is 19.6 Å². The predicted octanol–water partition coefficient (Wildman–Crippen LogP) is 2.79. The molecule has 0 unspecified atom stereocenters. The van der Waals surface area contributed by atoms with Crippen LogP contribution in [-0.4, -0.2) is 28.6 Å². The molecule has 1 N–H and O–H groups in total. The summed E-state index contributed by atoms with van der Waals surface area (Å²) in [5.41, 5.74) is 4.43. The van der Waals surface area contributed by atoms with Gasteiger partial charge in [-0.15, -0.1) is 0 Å². The van der Waals surface area contributed by atoms with Gasteiger partial charge in [-0.1, -0.05) is 24.3 Å². The largest absolute Gasteiger partial charge is 0.492 e. The first kappa shape index (κ1) is 16.6. The molecule has 0 spiro atoms. The number of carbonyl (C=O) groups is 1. The normalized spacial score (nSPS) is 16.2. The van der Waals surface area contributed by atoms with Crippen molar-refractivity contribution in [2.24, 2.45) is 13.0 Å². The lowest BCUT2D eigenvalue weighted by Crippen LogP contribution is -2.38. The number of rotatable bonds is 4. The van der Waals surface area contributed by atoms with E-state index in [-0.39, 0.29) is 11.8 Å². The molecule has 1 aliphatic heterocycles. The van der Waals surface area contributed by atoms with Gasteiger partial charge >= 0.3 is 0 Å². The van der Waals surface area contributed by atoms with Crippen molar-refractivity contribution in [3.8, 4) is 5.75 Å². The van der Waals surface area contributed by atoms with Gasteiger partial charge in [-0.2, -0.15) is 0 Å². The highest BCUT2D eigenvalue weighted by Crippen LogP contribution is 2.26. The molecule has 5 nitrogen and oxygen atoms in total. The summed E-state index contributed by atoms with van der Waals surface area (Å²) in [6.07, 6.45) is 1.44. The van der Waals surface area contributed by atoms with Crippen LogP contribution in [0.25, 0.3) is 11.0 Å². The molecule has 3 aromatic rings. The minimum atomic E-state index is -0.131. The topological polar surface area (TPSA) is 56.1 Å². The van der Waals surface area contributed by atoms with Gasteiger partial charge < -0.3 is 14.6 Å². The van der Waals surface area contributed by atoms with Gasteiger partial charge in [0.25, 0.3) is 0 Å². The first-order chi connectivity index (χ1) is 12.6. The van der Waals surface area contributed by atoms with Crippen LogP contribution in [0, 0.1) is 12.8 Å². The van der Waals surface area contributed by atoms with Crippen LogP contribution in [0.2, 0.25) is 0 Å². The lowest BCUT2D eigenvalue weighted by atomic mass is 9.96. The van der Waals surface area contributed by atoms with Gasteiger partial charge in [-0.05, 0) is 42.7 Å². The van der Waals surface area contributed by atoms with Gasteiger partial charge in [0.05, 0.1) is 17.0 Å². The van der Waals surface area contributed by atoms with Crippen LogP contribution in [-0.2, 0) is 24.7 Å². The first-order valence-electron chi connectivity index (χ1n) is 9.02. The molecule has 0 saturated carbocycles. The number of nitrogens with zero attached hydrogens (tertiary/aromatic N) is 2. The molecule has 0 fully saturated rings. The minimum absolute atomic E-state index is 0.0501. The van der Waals surface area contributed by atoms with E-state index in [1.54, 1.807) is 0 Å². The number of aryl methyl sites for hydroxylation is 2. The minimum Gasteiger partial charge on any atom is -0.492 e. The van der Waals surface area contributed by atoms with E-state index in [1.807, 2.05) is 31.3 Å². The van der Waals surface area contributed by atoms with Crippen molar-refractivity contribution in [3.63, 3.8) is 0 Å². The monoisotopic (exact) mass is 349 g/mol. The number of para-hydroxylation sites is 1. The van der Waals surface area contributed by atoms with Crippen LogP contribution >= 0.6 is 0 Å². The van der Waals surface area contributed by atoms with E-state index < -0.39 is 0 Å². The maximum atomic E-state index is 12.5. The van der Waals surface area contributed by atoms with Gasteiger partial charge in [0, 0.05) is 20.0 Å². The zero-order valence-electron chi connectivity index (χ0n) is 15.2. The smallest absolute Gasteiger partial charge is 0.226 e. The molecule has 1 atom stereocenters. The Balaban J connectivity index is 1.36. The maximum absolute atomic E-state index is 12.5. The molecule has 2 aromatic carbocycles. The van der Waals surface area contributed by atoms with Crippen molar-refractivity contribution in [2.45, 2.75) is 19.8 Å². The van der Waals surface area contributed by atoms with E-state index in [0.717, 1.165) is 34.6 Å². The Morgan fingerprint density at radius 3 is 3.04 bits per heavy atom. The molecule has 26 heavy (non-hydrogen) atoms. The molecular weight excluding hydrogens is 326 g/mol. The number of aromatic nitrogens is 2. The summed E-state index contributed by atoms with van der Waals surface area (Å²) < 4.78 is 7.81. The number of ether oxygens (including phenoxy) is 1. The number of imidazole rings is 1. The second-order valence-corrected chi connectivity index (χ2v) is 6.94. The van der Waals surface area contributed by atoms with Crippen LogP contribution in [0.1, 0.15) is 17.0 Å². The van der Waals surface area contributed by atoms with Crippen LogP contribution in [0.4, 0.5) is 0 Å². The Labute approximate surface area is 153 Å². The molecule has 4 rings (SSSR count). The molecule has 2 heterocycles. The molecule has 0 aliphatic carbocycles. The number of hydrogen-bond acceptors (Lipinski definition) is 3. The van der Waals surface area contributed by atoms with E-state index in [4.69, 9.17) is 9.72 Å². The molecular formula is C21H23N3O2. The average Bonchev–Trinajstić information content (AvgIpc) is 2.96. The van der Waals surface area contributed by atoms with Crippen LogP contribution in [0.5, 0.6) is 5.75 Å². The molecule has 0 bridgehead atoms. The van der Waals surface area contributed by atoms with Crippen molar-refractivity contribution in [1.29, 1.82) is 0 Å². The molecule has 1 aliphatic rings. The fourth-order valence-electron chi connectivity index (χ4n) is 3.52. The summed E-state index contributed by atoms with van der Waals surface area (Å²) >= 11 is 0. The predicted molar refractivity (Wildman–Crippen MR) is 101 cm³/mol. The third-order valence-electron chi connectivity index (χ3n) is 5.03. The van der Waals surface area contributed by atoms with Gasteiger partial charge in [-0.3, -0.25) is 4.79 Å². The summed E-state index contributed by atoms with van der Waals surface area (Å²) in [4.78, 5) is 17.2. The SMILES string of the molecule is Cc1ccc2c(c1)nc(CCNC(=O)[C@H]1COc3ccccc3C1)n2C. The summed E-state index contributed by atoms with van der Waals surface area (Å²) in [7, 11) is 2.02. The van der Waals surface area contributed by atoms with Gasteiger partial charge in [0.15, 0.2) is 0 Å². The Hall–Kier alpha value is -2.82. The highest BCUT2D eigenvalue weighted by atomic mass is 16.5. The number of hydrogen-bond donors (Lipinski definition) is 1. The van der Waals surface area contributed by atoms with Crippen molar-refractivity contribution >= 4 is 16.9 Å². The summed E-state index contributed by atoms with van der Waals surface area (Å²) in [5.74, 6) is 1.80. The molecule has 0 radical (unpaired) electrons. The Bertz CT molecular complexity index is 961. The number of nitrogens with one attached hydrogen (secondary N) is 1. The molecule has 1 aromatic heterocycles. The van der Waals surface area contributed by atoms with E-state index in [2.05, 4.69) is 35.0 Å². The van der Waals surface area contributed by atoms with E-state index in [9.17, 15) is 4.79 Å². The van der Waals surface area contributed by atoms with Crippen LogP contribution in [0.15, 0.2) is 42.5 Å². The van der Waals surface area contributed by atoms with Gasteiger partial charge in [-0.25, -0.2) is 4.98 Å². The highest BCUT2D eigenvalue weighted by molar-refractivity contribution is 5.79. The lowest BCUT2D eigenvalue weighted by Gasteiger charge is -2.24. The van der Waals surface area contributed by atoms with Crippen molar-refractivity contribution in [2.75, 3.05) is 13.2 Å². The van der Waals surface area contributed by atoms with Crippen molar-refractivity contribution in [1.82, 2.24) is 14.9 Å². The summed E-state index contributed by atoms with van der Waals surface area (Å²) in [6, 6.07) is 14.2. The average molecular weight is 349 g/mol. The summed E-state index contributed by atoms with van der Waals surface area (Å²) in [5, 5.41) is 3.04. The molecule has 1 amide bonds. The highest BCUT2D eigenvalue weighted by Gasteiger charge is 2.25. The van der Waals surface area contributed by atoms with Crippen LogP contribution in [0.3, 0.4) is 0 Å².